The number of rotatable bonds is 6. The molecule has 4 nitrogen and oxygen atoms in total. The van der Waals surface area contributed by atoms with Crippen molar-refractivity contribution in [1.82, 2.24) is 5.32 Å². The number of fused-ring (bicyclic) bond motifs is 4. The molecule has 0 aliphatic carbocycles. The number of amidine groups is 2. The van der Waals surface area contributed by atoms with Crippen LogP contribution in [0.5, 0.6) is 0 Å². The van der Waals surface area contributed by atoms with Crippen molar-refractivity contribution < 1.29 is 4.42 Å². The van der Waals surface area contributed by atoms with Crippen molar-refractivity contribution in [3.05, 3.63) is 205 Å². The molecule has 53 heavy (non-hydrogen) atoms. The zero-order valence-electron chi connectivity index (χ0n) is 28.8. The molecule has 250 valence electrons. The molecule has 1 unspecified atom stereocenters. The molecule has 0 bridgehead atoms. The van der Waals surface area contributed by atoms with E-state index in [-0.39, 0.29) is 0 Å². The predicted molar refractivity (Wildman–Crippen MR) is 219 cm³/mol. The predicted octanol–water partition coefficient (Wildman–Crippen LogP) is 12.2. The second-order valence-electron chi connectivity index (χ2n) is 13.4. The third-order valence-corrected chi connectivity index (χ3v) is 10.1. The van der Waals surface area contributed by atoms with Crippen LogP contribution in [0, 0.1) is 0 Å². The first-order chi connectivity index (χ1) is 26.2. The van der Waals surface area contributed by atoms with Gasteiger partial charge in [-0.1, -0.05) is 164 Å². The van der Waals surface area contributed by atoms with E-state index < -0.39 is 6.17 Å². The molecule has 1 atom stereocenters. The van der Waals surface area contributed by atoms with Crippen molar-refractivity contribution in [2.45, 2.75) is 6.17 Å². The highest BCUT2D eigenvalue weighted by molar-refractivity contribution is 6.19. The molecule has 0 fully saturated rings. The lowest BCUT2D eigenvalue weighted by atomic mass is 9.92. The second-order valence-corrected chi connectivity index (χ2v) is 13.4. The van der Waals surface area contributed by atoms with E-state index in [1.807, 2.05) is 36.4 Å². The molecule has 0 amide bonds. The molecule has 1 aliphatic heterocycles. The summed E-state index contributed by atoms with van der Waals surface area (Å²) in [5, 5.41) is 8.16. The van der Waals surface area contributed by atoms with Gasteiger partial charge in [0, 0.05) is 21.9 Å². The monoisotopic (exact) mass is 679 g/mol. The van der Waals surface area contributed by atoms with Crippen LogP contribution in [0.15, 0.2) is 202 Å². The van der Waals surface area contributed by atoms with Gasteiger partial charge in [-0.05, 0) is 74.0 Å². The molecule has 0 saturated heterocycles. The average molecular weight is 680 g/mol. The Balaban J connectivity index is 1.07. The summed E-state index contributed by atoms with van der Waals surface area (Å²) in [6.45, 7) is 0. The third-order valence-electron chi connectivity index (χ3n) is 10.1. The lowest BCUT2D eigenvalue weighted by Gasteiger charge is -2.23. The molecule has 4 heteroatoms. The molecule has 0 spiro atoms. The van der Waals surface area contributed by atoms with E-state index in [1.165, 1.54) is 22.1 Å². The molecule has 10 rings (SSSR count). The largest absolute Gasteiger partial charge is 0.456 e. The van der Waals surface area contributed by atoms with Crippen LogP contribution in [0.3, 0.4) is 0 Å². The third kappa shape index (κ3) is 5.67. The van der Waals surface area contributed by atoms with Gasteiger partial charge in [0.25, 0.3) is 0 Å². The first-order valence-corrected chi connectivity index (χ1v) is 17.9. The van der Waals surface area contributed by atoms with Crippen molar-refractivity contribution in [3.8, 4) is 33.4 Å². The van der Waals surface area contributed by atoms with Crippen LogP contribution in [0.2, 0.25) is 0 Å². The zero-order valence-corrected chi connectivity index (χ0v) is 28.8. The summed E-state index contributed by atoms with van der Waals surface area (Å²) in [7, 11) is 0. The van der Waals surface area contributed by atoms with Crippen LogP contribution in [0.1, 0.15) is 22.9 Å². The van der Waals surface area contributed by atoms with Crippen molar-refractivity contribution in [3.63, 3.8) is 0 Å². The first kappa shape index (κ1) is 30.8. The van der Waals surface area contributed by atoms with Gasteiger partial charge in [0.2, 0.25) is 0 Å². The van der Waals surface area contributed by atoms with Crippen LogP contribution in [0.25, 0.3) is 66.1 Å². The highest BCUT2D eigenvalue weighted by Crippen LogP contribution is 2.40. The molecular weight excluding hydrogens is 647 g/mol. The Labute approximate surface area is 307 Å². The fourth-order valence-electron chi connectivity index (χ4n) is 7.49. The van der Waals surface area contributed by atoms with Crippen LogP contribution in [-0.2, 0) is 0 Å². The maximum absolute atomic E-state index is 6.31. The van der Waals surface area contributed by atoms with Crippen molar-refractivity contribution in [2.24, 2.45) is 9.98 Å². The fourth-order valence-corrected chi connectivity index (χ4v) is 7.49. The minimum absolute atomic E-state index is 0.424. The Morgan fingerprint density at radius 2 is 0.943 bits per heavy atom. The van der Waals surface area contributed by atoms with Gasteiger partial charge < -0.3 is 9.73 Å². The normalized spacial score (nSPS) is 14.2. The molecule has 1 aliphatic rings. The van der Waals surface area contributed by atoms with Gasteiger partial charge in [-0.2, -0.15) is 0 Å². The summed E-state index contributed by atoms with van der Waals surface area (Å²) >= 11 is 0. The Morgan fingerprint density at radius 3 is 1.66 bits per heavy atom. The van der Waals surface area contributed by atoms with Gasteiger partial charge in [0.05, 0.1) is 0 Å². The van der Waals surface area contributed by atoms with Gasteiger partial charge in [0.15, 0.2) is 6.17 Å². The average Bonchev–Trinajstić information content (AvgIpc) is 3.63. The Kier molecular flexibility index (Phi) is 7.51. The SMILES string of the molecule is c1ccc(C2=NC(c3ccc(-c4ccc(-c5ccccc5)cc4)cc3)N=C(c3cc(-c4cccc5oc6ccccc6c45)c4ccccc4c3)N2)cc1. The van der Waals surface area contributed by atoms with Crippen LogP contribution in [-0.4, -0.2) is 11.7 Å². The number of furan rings is 1. The molecule has 2 heterocycles. The minimum Gasteiger partial charge on any atom is -0.456 e. The van der Waals surface area contributed by atoms with E-state index in [2.05, 4.69) is 157 Å². The maximum Gasteiger partial charge on any atom is 0.169 e. The fraction of sp³-hybridized carbons (Fsp3) is 0.0204. The second kappa shape index (κ2) is 12.9. The van der Waals surface area contributed by atoms with Crippen LogP contribution in [0.4, 0.5) is 0 Å². The first-order valence-electron chi connectivity index (χ1n) is 17.9. The number of hydrogen-bond donors (Lipinski definition) is 1. The van der Waals surface area contributed by atoms with Crippen LogP contribution < -0.4 is 5.32 Å². The van der Waals surface area contributed by atoms with E-state index in [9.17, 15) is 0 Å². The van der Waals surface area contributed by atoms with E-state index in [1.54, 1.807) is 0 Å². The Hall–Kier alpha value is -7.04. The molecule has 0 saturated carbocycles. The topological polar surface area (TPSA) is 49.9 Å². The smallest absolute Gasteiger partial charge is 0.169 e. The standard InChI is InChI=1S/C49H33N3O/c1-3-12-32(13-4-1)33-22-24-34(25-23-33)35-26-28-37(29-27-35)48-50-47(36-14-5-2-6-15-36)51-49(52-48)39-30-38-16-7-8-17-40(38)43(31-39)41-19-11-21-45-46(41)42-18-9-10-20-44(42)53-45/h1-31,48H,(H,50,51,52). The maximum atomic E-state index is 6.31. The Bertz CT molecular complexity index is 2830. The van der Waals surface area contributed by atoms with Gasteiger partial charge in [0.1, 0.15) is 22.8 Å². The summed E-state index contributed by atoms with van der Waals surface area (Å²) in [6.07, 6.45) is -0.424. The van der Waals surface area contributed by atoms with Crippen molar-refractivity contribution in [2.75, 3.05) is 0 Å². The molecule has 1 N–H and O–H groups in total. The quantitative estimate of drug-likeness (QED) is 0.190. The van der Waals surface area contributed by atoms with Gasteiger partial charge in [-0.15, -0.1) is 0 Å². The van der Waals surface area contributed by atoms with E-state index >= 15 is 0 Å². The van der Waals surface area contributed by atoms with E-state index in [0.29, 0.717) is 0 Å². The van der Waals surface area contributed by atoms with Crippen LogP contribution >= 0.6 is 0 Å². The number of hydrogen-bond acceptors (Lipinski definition) is 4. The summed E-state index contributed by atoms with van der Waals surface area (Å²) in [6, 6.07) is 65.8. The zero-order chi connectivity index (χ0) is 35.1. The Morgan fingerprint density at radius 1 is 0.396 bits per heavy atom. The van der Waals surface area contributed by atoms with Crippen molar-refractivity contribution >= 4 is 44.4 Å². The minimum atomic E-state index is -0.424. The summed E-state index contributed by atoms with van der Waals surface area (Å²) in [4.78, 5) is 10.5. The van der Waals surface area contributed by atoms with Gasteiger partial charge in [-0.3, -0.25) is 0 Å². The lowest BCUT2D eigenvalue weighted by molar-refractivity contribution is 0.669. The highest BCUT2D eigenvalue weighted by atomic mass is 16.3. The number of para-hydroxylation sites is 1. The summed E-state index contributed by atoms with van der Waals surface area (Å²) < 4.78 is 6.31. The van der Waals surface area contributed by atoms with E-state index in [4.69, 9.17) is 14.4 Å². The van der Waals surface area contributed by atoms with Crippen molar-refractivity contribution in [1.29, 1.82) is 0 Å². The molecule has 9 aromatic rings. The van der Waals surface area contributed by atoms with Gasteiger partial charge >= 0.3 is 0 Å². The molecular formula is C49H33N3O. The number of nitrogens with one attached hydrogen (secondary N) is 1. The number of nitrogens with zero attached hydrogens (tertiary/aromatic N) is 2. The van der Waals surface area contributed by atoms with Gasteiger partial charge in [-0.25, -0.2) is 9.98 Å². The number of benzene rings is 8. The molecule has 8 aromatic carbocycles. The van der Waals surface area contributed by atoms with E-state index in [0.717, 1.165) is 72.4 Å². The molecule has 0 radical (unpaired) electrons. The summed E-state index contributed by atoms with van der Waals surface area (Å²) in [5.74, 6) is 1.57. The summed E-state index contributed by atoms with van der Waals surface area (Å²) in [5.41, 5.74) is 11.8. The molecule has 1 aromatic heterocycles. The number of aliphatic imine (C=N–C) groups is 2. The lowest BCUT2D eigenvalue weighted by Crippen LogP contribution is -2.36. The highest BCUT2D eigenvalue weighted by Gasteiger charge is 2.23.